The van der Waals surface area contributed by atoms with E-state index >= 15 is 0 Å². The molecule has 3 aromatic rings. The van der Waals surface area contributed by atoms with Gasteiger partial charge in [-0.2, -0.15) is 5.10 Å². The molecule has 8 heteroatoms. The number of para-hydroxylation sites is 1. The predicted octanol–water partition coefficient (Wildman–Crippen LogP) is 3.95. The van der Waals surface area contributed by atoms with Gasteiger partial charge < -0.3 is 0 Å². The largest absolute Gasteiger partial charge is 0.289 e. The lowest BCUT2D eigenvalue weighted by molar-refractivity contribution is -0.384. The summed E-state index contributed by atoms with van der Waals surface area (Å²) in [5.41, 5.74) is 4.00. The smallest absolute Gasteiger partial charge is 0.266 e. The molecule has 0 spiro atoms. The maximum atomic E-state index is 12.2. The monoisotopic (exact) mass is 368 g/mol. The van der Waals surface area contributed by atoms with Crippen molar-refractivity contribution in [2.45, 2.75) is 6.92 Å². The molecule has 0 bridgehead atoms. The van der Waals surface area contributed by atoms with Crippen LogP contribution < -0.4 is 5.43 Å². The van der Waals surface area contributed by atoms with E-state index < -0.39 is 10.8 Å². The second-order valence-electron chi connectivity index (χ2n) is 5.45. The SMILES string of the molecule is C/C(=N\NC(=O)c1ccc2ccccc2n1)c1ccc(Cl)c([N+](=O)[O-])c1. The third-order valence-corrected chi connectivity index (χ3v) is 4.04. The molecule has 1 amide bonds. The minimum absolute atomic E-state index is 0.0379. The Kier molecular flexibility index (Phi) is 4.90. The number of aromatic nitrogens is 1. The number of amides is 1. The van der Waals surface area contributed by atoms with Crippen molar-refractivity contribution in [3.63, 3.8) is 0 Å². The van der Waals surface area contributed by atoms with Crippen molar-refractivity contribution >= 4 is 39.8 Å². The summed E-state index contributed by atoms with van der Waals surface area (Å²) in [5, 5.41) is 15.9. The third-order valence-electron chi connectivity index (χ3n) is 3.72. The van der Waals surface area contributed by atoms with E-state index in [0.717, 1.165) is 5.39 Å². The molecule has 0 atom stereocenters. The summed E-state index contributed by atoms with van der Waals surface area (Å²) < 4.78 is 0. The summed E-state index contributed by atoms with van der Waals surface area (Å²) in [6.07, 6.45) is 0. The Hall–Kier alpha value is -3.32. The van der Waals surface area contributed by atoms with Gasteiger partial charge in [0.15, 0.2) is 0 Å². The quantitative estimate of drug-likeness (QED) is 0.428. The van der Waals surface area contributed by atoms with E-state index in [1.807, 2.05) is 24.3 Å². The first-order valence-electron chi connectivity index (χ1n) is 7.60. The van der Waals surface area contributed by atoms with Gasteiger partial charge in [0, 0.05) is 17.0 Å². The highest BCUT2D eigenvalue weighted by Gasteiger charge is 2.14. The molecule has 26 heavy (non-hydrogen) atoms. The number of fused-ring (bicyclic) bond motifs is 1. The summed E-state index contributed by atoms with van der Waals surface area (Å²) in [6.45, 7) is 1.63. The van der Waals surface area contributed by atoms with E-state index in [1.165, 1.54) is 12.1 Å². The van der Waals surface area contributed by atoms with Gasteiger partial charge in [-0.05, 0) is 25.1 Å². The second kappa shape index (κ2) is 7.28. The van der Waals surface area contributed by atoms with Gasteiger partial charge in [-0.25, -0.2) is 10.4 Å². The van der Waals surface area contributed by atoms with Gasteiger partial charge in [0.1, 0.15) is 10.7 Å². The van der Waals surface area contributed by atoms with E-state index in [1.54, 1.807) is 25.1 Å². The molecular weight excluding hydrogens is 356 g/mol. The molecule has 7 nitrogen and oxygen atoms in total. The van der Waals surface area contributed by atoms with Crippen LogP contribution in [0, 0.1) is 10.1 Å². The molecule has 0 aliphatic heterocycles. The molecule has 1 heterocycles. The number of hydrazone groups is 1. The lowest BCUT2D eigenvalue weighted by Gasteiger charge is -2.04. The lowest BCUT2D eigenvalue weighted by atomic mass is 10.1. The van der Waals surface area contributed by atoms with Gasteiger partial charge in [-0.3, -0.25) is 14.9 Å². The molecule has 2 aromatic carbocycles. The van der Waals surface area contributed by atoms with Gasteiger partial charge in [0.2, 0.25) is 0 Å². The zero-order valence-electron chi connectivity index (χ0n) is 13.6. The standard InChI is InChI=1S/C18H13ClN4O3/c1-11(13-6-8-14(19)17(10-13)23(25)26)21-22-18(24)16-9-7-12-4-2-3-5-15(12)20-16/h2-10H,1H3,(H,22,24)/b21-11+. The maximum absolute atomic E-state index is 12.2. The fraction of sp³-hybridized carbons (Fsp3) is 0.0556. The van der Waals surface area contributed by atoms with E-state index in [9.17, 15) is 14.9 Å². The van der Waals surface area contributed by atoms with Crippen LogP contribution in [-0.4, -0.2) is 21.5 Å². The maximum Gasteiger partial charge on any atom is 0.289 e. The molecule has 0 saturated carbocycles. The lowest BCUT2D eigenvalue weighted by Crippen LogP contribution is -2.20. The van der Waals surface area contributed by atoms with Crippen molar-refractivity contribution in [3.8, 4) is 0 Å². The Morgan fingerprint density at radius 1 is 1.19 bits per heavy atom. The van der Waals surface area contributed by atoms with Gasteiger partial charge in [-0.15, -0.1) is 0 Å². The molecule has 0 fully saturated rings. The minimum atomic E-state index is -0.573. The van der Waals surface area contributed by atoms with Crippen molar-refractivity contribution in [2.75, 3.05) is 0 Å². The summed E-state index contributed by atoms with van der Waals surface area (Å²) in [4.78, 5) is 26.9. The fourth-order valence-electron chi connectivity index (χ4n) is 2.33. The number of carbonyl (C=O) groups excluding carboxylic acids is 1. The fourth-order valence-corrected chi connectivity index (χ4v) is 2.51. The summed E-state index contributed by atoms with van der Waals surface area (Å²) in [6, 6.07) is 15.2. The number of nitro groups is 1. The Morgan fingerprint density at radius 2 is 1.96 bits per heavy atom. The number of halogens is 1. The first kappa shape index (κ1) is 17.5. The van der Waals surface area contributed by atoms with Crippen LogP contribution in [0.4, 0.5) is 5.69 Å². The molecule has 3 rings (SSSR count). The van der Waals surface area contributed by atoms with Crippen LogP contribution in [-0.2, 0) is 0 Å². The van der Waals surface area contributed by atoms with Gasteiger partial charge in [-0.1, -0.05) is 41.9 Å². The zero-order valence-corrected chi connectivity index (χ0v) is 14.4. The van der Waals surface area contributed by atoms with Gasteiger partial charge >= 0.3 is 0 Å². The second-order valence-corrected chi connectivity index (χ2v) is 5.86. The van der Waals surface area contributed by atoms with Crippen LogP contribution in [0.15, 0.2) is 59.7 Å². The number of rotatable bonds is 4. The predicted molar refractivity (Wildman–Crippen MR) is 99.5 cm³/mol. The van der Waals surface area contributed by atoms with Crippen molar-refractivity contribution in [1.29, 1.82) is 0 Å². The molecular formula is C18H13ClN4O3. The van der Waals surface area contributed by atoms with Crippen LogP contribution in [0.5, 0.6) is 0 Å². The first-order valence-corrected chi connectivity index (χ1v) is 7.98. The highest BCUT2D eigenvalue weighted by molar-refractivity contribution is 6.32. The van der Waals surface area contributed by atoms with E-state index in [-0.39, 0.29) is 16.4 Å². The minimum Gasteiger partial charge on any atom is -0.266 e. The number of nitrogens with zero attached hydrogens (tertiary/aromatic N) is 3. The van der Waals surface area contributed by atoms with Crippen molar-refractivity contribution in [3.05, 3.63) is 81.0 Å². The average Bonchev–Trinajstić information content (AvgIpc) is 2.65. The van der Waals surface area contributed by atoms with Crippen molar-refractivity contribution in [2.24, 2.45) is 5.10 Å². The Bertz CT molecular complexity index is 1050. The number of benzene rings is 2. The number of nitro benzene ring substituents is 1. The molecule has 1 N–H and O–H groups in total. The van der Waals surface area contributed by atoms with Crippen LogP contribution in [0.2, 0.25) is 5.02 Å². The van der Waals surface area contributed by atoms with Crippen LogP contribution in [0.1, 0.15) is 23.0 Å². The average molecular weight is 369 g/mol. The molecule has 0 aliphatic carbocycles. The van der Waals surface area contributed by atoms with Crippen molar-refractivity contribution < 1.29 is 9.72 Å². The molecule has 0 radical (unpaired) electrons. The molecule has 130 valence electrons. The molecule has 1 aromatic heterocycles. The van der Waals surface area contributed by atoms with Crippen molar-refractivity contribution in [1.82, 2.24) is 10.4 Å². The molecule has 0 saturated heterocycles. The molecule has 0 unspecified atom stereocenters. The van der Waals surface area contributed by atoms with E-state index in [4.69, 9.17) is 11.6 Å². The number of hydrogen-bond acceptors (Lipinski definition) is 5. The van der Waals surface area contributed by atoms with E-state index in [2.05, 4.69) is 15.5 Å². The number of pyridine rings is 1. The Labute approximate surface area is 153 Å². The number of carbonyl (C=O) groups is 1. The summed E-state index contributed by atoms with van der Waals surface area (Å²) >= 11 is 5.79. The molecule has 0 aliphatic rings. The number of nitrogens with one attached hydrogen (secondary N) is 1. The third kappa shape index (κ3) is 3.68. The Balaban J connectivity index is 1.80. The highest BCUT2D eigenvalue weighted by atomic mass is 35.5. The van der Waals surface area contributed by atoms with Gasteiger partial charge in [0.05, 0.1) is 16.2 Å². The van der Waals surface area contributed by atoms with Crippen LogP contribution in [0.3, 0.4) is 0 Å². The Morgan fingerprint density at radius 3 is 2.73 bits per heavy atom. The summed E-state index contributed by atoms with van der Waals surface area (Å²) in [5.74, 6) is -0.474. The topological polar surface area (TPSA) is 97.5 Å². The van der Waals surface area contributed by atoms with Crippen LogP contribution in [0.25, 0.3) is 10.9 Å². The van der Waals surface area contributed by atoms with Crippen LogP contribution >= 0.6 is 11.6 Å². The van der Waals surface area contributed by atoms with E-state index in [0.29, 0.717) is 16.8 Å². The highest BCUT2D eigenvalue weighted by Crippen LogP contribution is 2.25. The zero-order chi connectivity index (χ0) is 18.7. The summed E-state index contributed by atoms with van der Waals surface area (Å²) in [7, 11) is 0. The number of hydrogen-bond donors (Lipinski definition) is 1. The normalized spacial score (nSPS) is 11.4. The van der Waals surface area contributed by atoms with Gasteiger partial charge in [0.25, 0.3) is 11.6 Å². The first-order chi connectivity index (χ1) is 12.5.